The van der Waals surface area contributed by atoms with Crippen LogP contribution >= 0.6 is 0 Å². The molecule has 0 aliphatic carbocycles. The van der Waals surface area contributed by atoms with Gasteiger partial charge in [0.05, 0.1) is 17.7 Å². The summed E-state index contributed by atoms with van der Waals surface area (Å²) in [5.74, 6) is -2.46. The second-order valence-electron chi connectivity index (χ2n) is 6.43. The lowest BCUT2D eigenvalue weighted by Crippen LogP contribution is -2.54. The molecule has 0 bridgehead atoms. The lowest BCUT2D eigenvalue weighted by Gasteiger charge is -2.27. The van der Waals surface area contributed by atoms with Crippen molar-refractivity contribution >= 4 is 41.7 Å². The number of hydrogen-bond donors (Lipinski definition) is 4. The molecule has 0 saturated carbocycles. The smallest absolute Gasteiger partial charge is 0.290 e. The number of carbonyl (C=O) groups is 6. The fraction of sp³-hybridized carbons (Fsp3) is 0.368. The number of piperidine rings is 1. The molecule has 0 spiro atoms. The van der Waals surface area contributed by atoms with Gasteiger partial charge in [-0.05, 0) is 18.6 Å². The molecule has 3 rings (SSSR count). The van der Waals surface area contributed by atoms with E-state index < -0.39 is 29.7 Å². The van der Waals surface area contributed by atoms with Crippen LogP contribution in [-0.2, 0) is 23.9 Å². The zero-order valence-electron chi connectivity index (χ0n) is 16.7. The predicted molar refractivity (Wildman–Crippen MR) is 105 cm³/mol. The van der Waals surface area contributed by atoms with Crippen molar-refractivity contribution in [3.05, 3.63) is 29.3 Å². The molecule has 2 aliphatic rings. The average molecular weight is 434 g/mol. The van der Waals surface area contributed by atoms with Crippen molar-refractivity contribution < 1.29 is 38.6 Å². The number of nitrogens with one attached hydrogen (secondary N) is 3. The molecular weight excluding hydrogens is 412 g/mol. The zero-order valence-corrected chi connectivity index (χ0v) is 16.7. The highest BCUT2D eigenvalue weighted by atomic mass is 16.5. The molecule has 166 valence electrons. The molecule has 1 aromatic carbocycles. The molecule has 12 nitrogen and oxygen atoms in total. The van der Waals surface area contributed by atoms with Gasteiger partial charge in [0.1, 0.15) is 12.6 Å². The van der Waals surface area contributed by atoms with E-state index in [4.69, 9.17) is 14.6 Å². The summed E-state index contributed by atoms with van der Waals surface area (Å²) < 4.78 is 5.19. The van der Waals surface area contributed by atoms with Crippen LogP contribution in [0.5, 0.6) is 0 Å². The van der Waals surface area contributed by atoms with Crippen LogP contribution < -0.4 is 16.0 Å². The third kappa shape index (κ3) is 5.42. The number of rotatable bonds is 7. The van der Waals surface area contributed by atoms with Crippen molar-refractivity contribution in [3.63, 3.8) is 0 Å². The van der Waals surface area contributed by atoms with E-state index >= 15 is 0 Å². The molecule has 1 aromatic rings. The van der Waals surface area contributed by atoms with E-state index in [1.54, 1.807) is 12.1 Å². The minimum atomic E-state index is -1.01. The number of carbonyl (C=O) groups excluding carboxylic acids is 5. The van der Waals surface area contributed by atoms with Crippen molar-refractivity contribution in [1.82, 2.24) is 15.5 Å². The third-order valence-corrected chi connectivity index (χ3v) is 4.54. The standard InChI is InChI=1S/C18H20N4O6.CH2O2/c1-19-14(24)9-28-8-7-20-11-4-2-3-10-15(11)18(27)22(17(10)26)12-5-6-13(23)21-16(12)25;2-1-3/h2-4,12,20H,5-9H2,1H3,(H,19,24)(H,21,23,25);1H,(H,2,3). The number of imide groups is 2. The van der Waals surface area contributed by atoms with Gasteiger partial charge in [0.25, 0.3) is 18.3 Å². The van der Waals surface area contributed by atoms with E-state index in [1.807, 2.05) is 0 Å². The summed E-state index contributed by atoms with van der Waals surface area (Å²) in [5.41, 5.74) is 0.823. The summed E-state index contributed by atoms with van der Waals surface area (Å²) in [6.45, 7) is 0.204. The highest BCUT2D eigenvalue weighted by Crippen LogP contribution is 2.32. The number of nitrogens with zero attached hydrogens (tertiary/aromatic N) is 1. The summed E-state index contributed by atoms with van der Waals surface area (Å²) in [5, 5.41) is 14.5. The maximum Gasteiger partial charge on any atom is 0.290 e. The first-order valence-electron chi connectivity index (χ1n) is 9.30. The second-order valence-corrected chi connectivity index (χ2v) is 6.43. The number of likely N-dealkylation sites (N-methyl/N-ethyl adjacent to an activating group) is 1. The second kappa shape index (κ2) is 10.8. The normalized spacial score (nSPS) is 17.3. The topological polar surface area (TPSA) is 171 Å². The van der Waals surface area contributed by atoms with Gasteiger partial charge in [0.2, 0.25) is 17.7 Å². The van der Waals surface area contributed by atoms with Crippen LogP contribution in [-0.4, -0.2) is 78.9 Å². The number of ether oxygens (including phenoxy) is 1. The molecule has 4 N–H and O–H groups in total. The minimum absolute atomic E-state index is 0.0671. The van der Waals surface area contributed by atoms with Crippen LogP contribution in [0, 0.1) is 0 Å². The molecule has 1 unspecified atom stereocenters. The Hall–Kier alpha value is -3.80. The molecule has 31 heavy (non-hydrogen) atoms. The van der Waals surface area contributed by atoms with Gasteiger partial charge in [0, 0.05) is 25.7 Å². The number of fused-ring (bicyclic) bond motifs is 1. The lowest BCUT2D eigenvalue weighted by atomic mass is 10.0. The molecule has 1 saturated heterocycles. The number of amides is 5. The maximum atomic E-state index is 12.9. The van der Waals surface area contributed by atoms with Crippen LogP contribution in [0.2, 0.25) is 0 Å². The Bertz CT molecular complexity index is 901. The van der Waals surface area contributed by atoms with Gasteiger partial charge in [-0.25, -0.2) is 0 Å². The number of carboxylic acid groups (broad SMARTS) is 1. The fourth-order valence-electron chi connectivity index (χ4n) is 3.16. The third-order valence-electron chi connectivity index (χ3n) is 4.54. The Morgan fingerprint density at radius 1 is 1.29 bits per heavy atom. The highest BCUT2D eigenvalue weighted by molar-refractivity contribution is 6.25. The van der Waals surface area contributed by atoms with Crippen molar-refractivity contribution in [2.24, 2.45) is 0 Å². The first-order chi connectivity index (χ1) is 14.8. The van der Waals surface area contributed by atoms with Gasteiger partial charge in [-0.15, -0.1) is 0 Å². The summed E-state index contributed by atoms with van der Waals surface area (Å²) in [4.78, 5) is 69.4. The van der Waals surface area contributed by atoms with Crippen molar-refractivity contribution in [2.45, 2.75) is 18.9 Å². The Labute approximate surface area is 176 Å². The van der Waals surface area contributed by atoms with Crippen molar-refractivity contribution in [2.75, 3.05) is 32.1 Å². The summed E-state index contributed by atoms with van der Waals surface area (Å²) in [6.07, 6.45) is 0.170. The lowest BCUT2D eigenvalue weighted by molar-refractivity contribution is -0.136. The Morgan fingerprint density at radius 2 is 2.00 bits per heavy atom. The van der Waals surface area contributed by atoms with E-state index in [1.165, 1.54) is 13.1 Å². The van der Waals surface area contributed by atoms with Crippen LogP contribution in [0.15, 0.2) is 18.2 Å². The molecule has 1 fully saturated rings. The summed E-state index contributed by atoms with van der Waals surface area (Å²) >= 11 is 0. The van der Waals surface area contributed by atoms with Crippen LogP contribution in [0.3, 0.4) is 0 Å². The fourth-order valence-corrected chi connectivity index (χ4v) is 3.16. The Kier molecular flexibility index (Phi) is 8.20. The Balaban J connectivity index is 0.00000107. The summed E-state index contributed by atoms with van der Waals surface area (Å²) in [7, 11) is 1.51. The Morgan fingerprint density at radius 3 is 2.65 bits per heavy atom. The quantitative estimate of drug-likeness (QED) is 0.238. The molecule has 2 aliphatic heterocycles. The first kappa shape index (κ1) is 23.5. The number of benzene rings is 1. The van der Waals surface area contributed by atoms with E-state index in [2.05, 4.69) is 16.0 Å². The van der Waals surface area contributed by atoms with Crippen molar-refractivity contribution in [1.29, 1.82) is 0 Å². The summed E-state index contributed by atoms with van der Waals surface area (Å²) in [6, 6.07) is 3.80. The van der Waals surface area contributed by atoms with Gasteiger partial charge >= 0.3 is 0 Å². The SMILES string of the molecule is CNC(=O)COCCNc1cccc2c1C(=O)N(C1CCC(=O)NC1=O)C2=O.O=CO. The van der Waals surface area contributed by atoms with Crippen LogP contribution in [0.4, 0.5) is 5.69 Å². The van der Waals surface area contributed by atoms with Crippen LogP contribution in [0.1, 0.15) is 33.6 Å². The largest absolute Gasteiger partial charge is 0.483 e. The van der Waals surface area contributed by atoms with Gasteiger partial charge in [-0.1, -0.05) is 6.07 Å². The molecule has 12 heteroatoms. The first-order valence-corrected chi connectivity index (χ1v) is 9.30. The minimum Gasteiger partial charge on any atom is -0.483 e. The maximum absolute atomic E-state index is 12.9. The molecule has 5 amide bonds. The molecular formula is C19H22N4O8. The highest BCUT2D eigenvalue weighted by Gasteiger charge is 2.45. The number of hydrogen-bond acceptors (Lipinski definition) is 8. The zero-order chi connectivity index (χ0) is 23.0. The van der Waals surface area contributed by atoms with Crippen molar-refractivity contribution in [3.8, 4) is 0 Å². The number of anilines is 1. The van der Waals surface area contributed by atoms with Gasteiger partial charge in [-0.3, -0.25) is 39.0 Å². The van der Waals surface area contributed by atoms with Gasteiger partial charge in [-0.2, -0.15) is 0 Å². The van der Waals surface area contributed by atoms with E-state index in [0.29, 0.717) is 12.2 Å². The molecule has 2 heterocycles. The van der Waals surface area contributed by atoms with E-state index in [9.17, 15) is 24.0 Å². The monoisotopic (exact) mass is 434 g/mol. The molecule has 1 atom stereocenters. The van der Waals surface area contributed by atoms with Gasteiger partial charge in [0.15, 0.2) is 0 Å². The van der Waals surface area contributed by atoms with E-state index in [0.717, 1.165) is 4.90 Å². The molecule has 0 radical (unpaired) electrons. The average Bonchev–Trinajstić information content (AvgIpc) is 2.99. The predicted octanol–water partition coefficient (Wildman–Crippen LogP) is -1.04. The van der Waals surface area contributed by atoms with Gasteiger partial charge < -0.3 is 20.5 Å². The van der Waals surface area contributed by atoms with E-state index in [-0.39, 0.29) is 49.6 Å². The molecule has 0 aromatic heterocycles. The van der Waals surface area contributed by atoms with Crippen LogP contribution in [0.25, 0.3) is 0 Å².